The second-order valence-corrected chi connectivity index (χ2v) is 7.02. The molecule has 1 unspecified atom stereocenters. The number of hydrogen-bond donors (Lipinski definition) is 1. The van der Waals surface area contributed by atoms with E-state index in [4.69, 9.17) is 14.2 Å². The summed E-state index contributed by atoms with van der Waals surface area (Å²) in [5, 5.41) is 2.90. The topological polar surface area (TPSA) is 77.1 Å². The molecule has 0 saturated heterocycles. The van der Waals surface area contributed by atoms with Gasteiger partial charge in [0, 0.05) is 13.1 Å². The molecule has 2 amide bonds. The third-order valence-corrected chi connectivity index (χ3v) is 4.87. The Labute approximate surface area is 184 Å². The molecule has 31 heavy (non-hydrogen) atoms. The molecule has 0 aliphatic heterocycles. The van der Waals surface area contributed by atoms with Gasteiger partial charge in [0.2, 0.25) is 5.91 Å². The van der Waals surface area contributed by atoms with Gasteiger partial charge in [-0.2, -0.15) is 0 Å². The maximum Gasteiger partial charge on any atom is 0.261 e. The lowest BCUT2D eigenvalue weighted by Gasteiger charge is -2.30. The van der Waals surface area contributed by atoms with E-state index in [9.17, 15) is 9.59 Å². The molecule has 1 N–H and O–H groups in total. The molecule has 2 rings (SSSR count). The van der Waals surface area contributed by atoms with Crippen LogP contribution in [0.25, 0.3) is 0 Å². The number of ether oxygens (including phenoxy) is 3. The minimum Gasteiger partial charge on any atom is -0.497 e. The molecule has 7 nitrogen and oxygen atoms in total. The average Bonchev–Trinajstić information content (AvgIpc) is 2.81. The molecule has 0 fully saturated rings. The molecule has 0 aliphatic rings. The summed E-state index contributed by atoms with van der Waals surface area (Å²) in [7, 11) is 3.15. The summed E-state index contributed by atoms with van der Waals surface area (Å²) in [6, 6.07) is 14.0. The highest BCUT2D eigenvalue weighted by Crippen LogP contribution is 2.26. The van der Waals surface area contributed by atoms with Gasteiger partial charge in [-0.05, 0) is 42.7 Å². The van der Waals surface area contributed by atoms with Crippen molar-refractivity contribution in [3.63, 3.8) is 0 Å². The summed E-state index contributed by atoms with van der Waals surface area (Å²) in [6.07, 6.45) is 1.32. The fraction of sp³-hybridized carbons (Fsp3) is 0.417. The molecular formula is C24H32N2O5. The second-order valence-electron chi connectivity index (χ2n) is 7.02. The van der Waals surface area contributed by atoms with Gasteiger partial charge in [-0.25, -0.2) is 0 Å². The second kappa shape index (κ2) is 12.5. The van der Waals surface area contributed by atoms with Gasteiger partial charge >= 0.3 is 0 Å². The van der Waals surface area contributed by atoms with E-state index in [2.05, 4.69) is 5.32 Å². The first-order valence-corrected chi connectivity index (χ1v) is 10.5. The Morgan fingerprint density at radius 3 is 2.23 bits per heavy atom. The van der Waals surface area contributed by atoms with Crippen LogP contribution in [0.15, 0.2) is 48.5 Å². The number of para-hydroxylation sites is 2. The first-order valence-electron chi connectivity index (χ1n) is 10.5. The van der Waals surface area contributed by atoms with Crippen LogP contribution in [0, 0.1) is 0 Å². The number of carbonyl (C=O) groups excluding carboxylic acids is 2. The van der Waals surface area contributed by atoms with Crippen molar-refractivity contribution in [3.8, 4) is 17.2 Å². The summed E-state index contributed by atoms with van der Waals surface area (Å²) >= 11 is 0. The Kier molecular flexibility index (Phi) is 9.68. The molecule has 0 bridgehead atoms. The van der Waals surface area contributed by atoms with Crippen LogP contribution < -0.4 is 19.5 Å². The molecule has 0 saturated carbocycles. The maximum atomic E-state index is 13.2. The predicted molar refractivity (Wildman–Crippen MR) is 119 cm³/mol. The zero-order valence-electron chi connectivity index (χ0n) is 18.7. The normalized spacial score (nSPS) is 11.4. The van der Waals surface area contributed by atoms with Crippen molar-refractivity contribution < 1.29 is 23.8 Å². The quantitative estimate of drug-likeness (QED) is 0.561. The van der Waals surface area contributed by atoms with Crippen LogP contribution in [0.3, 0.4) is 0 Å². The van der Waals surface area contributed by atoms with Crippen molar-refractivity contribution in [2.75, 3.05) is 27.4 Å². The first-order chi connectivity index (χ1) is 15.0. The molecule has 0 aromatic heterocycles. The highest BCUT2D eigenvalue weighted by atomic mass is 16.5. The summed E-state index contributed by atoms with van der Waals surface area (Å²) in [4.78, 5) is 27.5. The Morgan fingerprint density at radius 1 is 0.968 bits per heavy atom. The fourth-order valence-corrected chi connectivity index (χ4v) is 3.17. The van der Waals surface area contributed by atoms with Crippen molar-refractivity contribution in [3.05, 3.63) is 54.1 Å². The van der Waals surface area contributed by atoms with Gasteiger partial charge < -0.3 is 24.4 Å². The number of hydrogen-bond acceptors (Lipinski definition) is 5. The summed E-state index contributed by atoms with van der Waals surface area (Å²) in [5.41, 5.74) is 0.896. The number of rotatable bonds is 12. The van der Waals surface area contributed by atoms with E-state index in [0.717, 1.165) is 17.7 Å². The van der Waals surface area contributed by atoms with Gasteiger partial charge in [0.05, 0.1) is 14.2 Å². The minimum atomic E-state index is -0.595. The van der Waals surface area contributed by atoms with Crippen LogP contribution in [-0.4, -0.2) is 50.1 Å². The number of nitrogens with one attached hydrogen (secondary N) is 1. The molecule has 168 valence electrons. The molecule has 2 aromatic rings. The molecule has 0 radical (unpaired) electrons. The van der Waals surface area contributed by atoms with Crippen LogP contribution in [-0.2, 0) is 16.1 Å². The van der Waals surface area contributed by atoms with Crippen molar-refractivity contribution in [1.29, 1.82) is 0 Å². The van der Waals surface area contributed by atoms with E-state index < -0.39 is 6.04 Å². The third kappa shape index (κ3) is 6.91. The molecule has 0 heterocycles. The van der Waals surface area contributed by atoms with Gasteiger partial charge in [-0.15, -0.1) is 0 Å². The third-order valence-electron chi connectivity index (χ3n) is 4.87. The van der Waals surface area contributed by atoms with E-state index in [1.807, 2.05) is 50.2 Å². The van der Waals surface area contributed by atoms with Crippen molar-refractivity contribution in [2.24, 2.45) is 0 Å². The summed E-state index contributed by atoms with van der Waals surface area (Å²) in [6.45, 7) is 4.54. The lowest BCUT2D eigenvalue weighted by atomic mass is 10.1. The SMILES string of the molecule is CCCNC(=O)C(CC)N(Cc1ccc(OC)cc1)C(=O)COc1ccccc1OC. The molecular weight excluding hydrogens is 396 g/mol. The van der Waals surface area contributed by atoms with E-state index in [-0.39, 0.29) is 25.0 Å². The monoisotopic (exact) mass is 428 g/mol. The van der Waals surface area contributed by atoms with Gasteiger partial charge in [0.25, 0.3) is 5.91 Å². The van der Waals surface area contributed by atoms with Crippen LogP contribution in [0.4, 0.5) is 0 Å². The predicted octanol–water partition coefficient (Wildman–Crippen LogP) is 3.42. The Hall–Kier alpha value is -3.22. The zero-order valence-corrected chi connectivity index (χ0v) is 18.7. The molecule has 0 spiro atoms. The van der Waals surface area contributed by atoms with Gasteiger partial charge in [0.15, 0.2) is 18.1 Å². The number of benzene rings is 2. The van der Waals surface area contributed by atoms with E-state index >= 15 is 0 Å². The van der Waals surface area contributed by atoms with E-state index in [1.54, 1.807) is 31.3 Å². The smallest absolute Gasteiger partial charge is 0.261 e. The molecule has 1 atom stereocenters. The minimum absolute atomic E-state index is 0.163. The van der Waals surface area contributed by atoms with Gasteiger partial charge in [-0.1, -0.05) is 38.1 Å². The lowest BCUT2D eigenvalue weighted by Crippen LogP contribution is -2.50. The molecule has 7 heteroatoms. The van der Waals surface area contributed by atoms with Crippen LogP contribution in [0.1, 0.15) is 32.3 Å². The molecule has 0 aliphatic carbocycles. The molecule has 2 aromatic carbocycles. The van der Waals surface area contributed by atoms with Crippen LogP contribution >= 0.6 is 0 Å². The zero-order chi connectivity index (χ0) is 22.6. The van der Waals surface area contributed by atoms with Crippen LogP contribution in [0.2, 0.25) is 0 Å². The summed E-state index contributed by atoms with van der Waals surface area (Å²) in [5.74, 6) is 1.31. The Balaban J connectivity index is 2.21. The van der Waals surface area contributed by atoms with E-state index in [0.29, 0.717) is 24.5 Å². The number of carbonyl (C=O) groups is 2. The van der Waals surface area contributed by atoms with Crippen molar-refractivity contribution in [1.82, 2.24) is 10.2 Å². The average molecular weight is 429 g/mol. The highest BCUT2D eigenvalue weighted by Gasteiger charge is 2.29. The number of amides is 2. The Bertz CT molecular complexity index is 838. The fourth-order valence-electron chi connectivity index (χ4n) is 3.17. The first kappa shape index (κ1) is 24.1. The largest absolute Gasteiger partial charge is 0.497 e. The standard InChI is InChI=1S/C24H32N2O5/c1-5-15-25-24(28)20(6-2)26(16-18-11-13-19(29-3)14-12-18)23(27)17-31-22-10-8-7-9-21(22)30-4/h7-14,20H,5-6,15-17H2,1-4H3,(H,25,28). The van der Waals surface area contributed by atoms with E-state index in [1.165, 1.54) is 0 Å². The highest BCUT2D eigenvalue weighted by molar-refractivity contribution is 5.88. The lowest BCUT2D eigenvalue weighted by molar-refractivity contribution is -0.143. The van der Waals surface area contributed by atoms with Gasteiger partial charge in [0.1, 0.15) is 11.8 Å². The Morgan fingerprint density at radius 2 is 1.65 bits per heavy atom. The number of methoxy groups -OCH3 is 2. The van der Waals surface area contributed by atoms with Crippen LogP contribution in [0.5, 0.6) is 17.2 Å². The van der Waals surface area contributed by atoms with Crippen molar-refractivity contribution in [2.45, 2.75) is 39.3 Å². The van der Waals surface area contributed by atoms with Gasteiger partial charge in [-0.3, -0.25) is 9.59 Å². The maximum absolute atomic E-state index is 13.2. The number of nitrogens with zero attached hydrogens (tertiary/aromatic N) is 1. The van der Waals surface area contributed by atoms with Crippen molar-refractivity contribution >= 4 is 11.8 Å². The summed E-state index contributed by atoms with van der Waals surface area (Å²) < 4.78 is 16.2.